The first-order valence-electron chi connectivity index (χ1n) is 6.54. The Bertz CT molecular complexity index is 654. The summed E-state index contributed by atoms with van der Waals surface area (Å²) in [6.07, 6.45) is 3.40. The fraction of sp³-hybridized carbons (Fsp3) is 0.167. The third-order valence-corrected chi connectivity index (χ3v) is 3.31. The molecule has 0 unspecified atom stereocenters. The fourth-order valence-electron chi connectivity index (χ4n) is 1.91. The number of hydrogen-bond donors (Lipinski definition) is 0. The Morgan fingerprint density at radius 2 is 1.85 bits per heavy atom. The number of hydrogen-bond acceptors (Lipinski definition) is 2. The van der Waals surface area contributed by atoms with Gasteiger partial charge in [-0.25, -0.2) is 0 Å². The molecular formula is C18H18O2. The van der Waals surface area contributed by atoms with Gasteiger partial charge < -0.3 is 4.74 Å². The predicted molar refractivity (Wildman–Crippen MR) is 82.3 cm³/mol. The smallest absolute Gasteiger partial charge is 0.185 e. The standard InChI is InChI=1S/C18H18O2/c1-13-7-9-16(11-14(13)2)18(19)10-8-15-5-4-6-17(12-15)20-3/h4-12H,1-3H3/b10-8+. The maximum absolute atomic E-state index is 12.1. The van der Waals surface area contributed by atoms with Crippen LogP contribution < -0.4 is 4.74 Å². The molecule has 0 N–H and O–H groups in total. The van der Waals surface area contributed by atoms with E-state index < -0.39 is 0 Å². The third kappa shape index (κ3) is 3.35. The molecule has 20 heavy (non-hydrogen) atoms. The highest BCUT2D eigenvalue weighted by Crippen LogP contribution is 2.15. The quantitative estimate of drug-likeness (QED) is 0.612. The Balaban J connectivity index is 2.17. The van der Waals surface area contributed by atoms with Crippen LogP contribution in [0, 0.1) is 13.8 Å². The summed E-state index contributed by atoms with van der Waals surface area (Å²) >= 11 is 0. The van der Waals surface area contributed by atoms with E-state index in [-0.39, 0.29) is 5.78 Å². The topological polar surface area (TPSA) is 26.3 Å². The average Bonchev–Trinajstić information content (AvgIpc) is 2.47. The van der Waals surface area contributed by atoms with Crippen molar-refractivity contribution in [2.75, 3.05) is 7.11 Å². The lowest BCUT2D eigenvalue weighted by atomic mass is 10.0. The van der Waals surface area contributed by atoms with Gasteiger partial charge in [0.15, 0.2) is 5.78 Å². The highest BCUT2D eigenvalue weighted by Gasteiger charge is 2.03. The number of allylic oxidation sites excluding steroid dienone is 1. The summed E-state index contributed by atoms with van der Waals surface area (Å²) in [5.74, 6) is 0.793. The summed E-state index contributed by atoms with van der Waals surface area (Å²) in [6, 6.07) is 13.4. The van der Waals surface area contributed by atoms with Gasteiger partial charge in [-0.2, -0.15) is 0 Å². The Labute approximate surface area is 119 Å². The van der Waals surface area contributed by atoms with Gasteiger partial charge in [-0.3, -0.25) is 4.79 Å². The van der Waals surface area contributed by atoms with Crippen molar-refractivity contribution in [2.24, 2.45) is 0 Å². The van der Waals surface area contributed by atoms with Crippen molar-refractivity contribution in [3.63, 3.8) is 0 Å². The highest BCUT2D eigenvalue weighted by molar-refractivity contribution is 6.06. The number of aryl methyl sites for hydroxylation is 2. The molecule has 0 aliphatic heterocycles. The van der Waals surface area contributed by atoms with Crippen LogP contribution in [0.1, 0.15) is 27.0 Å². The number of benzene rings is 2. The van der Waals surface area contributed by atoms with E-state index in [0.717, 1.165) is 16.9 Å². The van der Waals surface area contributed by atoms with Gasteiger partial charge in [0.05, 0.1) is 7.11 Å². The van der Waals surface area contributed by atoms with E-state index in [0.29, 0.717) is 5.56 Å². The van der Waals surface area contributed by atoms with E-state index in [9.17, 15) is 4.79 Å². The third-order valence-electron chi connectivity index (χ3n) is 3.31. The molecule has 0 saturated carbocycles. The number of ketones is 1. The minimum atomic E-state index is 0.0101. The zero-order chi connectivity index (χ0) is 14.5. The normalized spacial score (nSPS) is 10.8. The largest absolute Gasteiger partial charge is 0.497 e. The lowest BCUT2D eigenvalue weighted by Crippen LogP contribution is -1.95. The molecule has 0 bridgehead atoms. The summed E-state index contributed by atoms with van der Waals surface area (Å²) in [5, 5.41) is 0. The maximum atomic E-state index is 12.1. The predicted octanol–water partition coefficient (Wildman–Crippen LogP) is 4.21. The molecule has 0 amide bonds. The lowest BCUT2D eigenvalue weighted by molar-refractivity contribution is 0.104. The minimum Gasteiger partial charge on any atom is -0.497 e. The number of carbonyl (C=O) groups excluding carboxylic acids is 1. The second-order valence-corrected chi connectivity index (χ2v) is 4.77. The molecule has 2 aromatic carbocycles. The number of ether oxygens (including phenoxy) is 1. The first-order chi connectivity index (χ1) is 9.60. The Kier molecular flexibility index (Phi) is 4.36. The van der Waals surface area contributed by atoms with Gasteiger partial charge in [0, 0.05) is 5.56 Å². The Morgan fingerprint density at radius 3 is 2.55 bits per heavy atom. The molecule has 2 heteroatoms. The number of carbonyl (C=O) groups is 1. The summed E-state index contributed by atoms with van der Waals surface area (Å²) in [7, 11) is 1.63. The molecule has 102 valence electrons. The van der Waals surface area contributed by atoms with Gasteiger partial charge in [-0.15, -0.1) is 0 Å². The molecule has 2 aromatic rings. The van der Waals surface area contributed by atoms with Crippen molar-refractivity contribution in [2.45, 2.75) is 13.8 Å². The maximum Gasteiger partial charge on any atom is 0.185 e. The molecular weight excluding hydrogens is 248 g/mol. The monoisotopic (exact) mass is 266 g/mol. The van der Waals surface area contributed by atoms with Crippen molar-refractivity contribution in [3.05, 3.63) is 70.8 Å². The van der Waals surface area contributed by atoms with Crippen LogP contribution in [0.25, 0.3) is 6.08 Å². The van der Waals surface area contributed by atoms with Crippen molar-refractivity contribution < 1.29 is 9.53 Å². The van der Waals surface area contributed by atoms with Crippen LogP contribution in [0.2, 0.25) is 0 Å². The summed E-state index contributed by atoms with van der Waals surface area (Å²) in [5.41, 5.74) is 3.98. The molecule has 2 nitrogen and oxygen atoms in total. The van der Waals surface area contributed by atoms with E-state index >= 15 is 0 Å². The van der Waals surface area contributed by atoms with Crippen molar-refractivity contribution >= 4 is 11.9 Å². The van der Waals surface area contributed by atoms with E-state index in [4.69, 9.17) is 4.74 Å². The molecule has 0 spiro atoms. The second-order valence-electron chi connectivity index (χ2n) is 4.77. The zero-order valence-corrected chi connectivity index (χ0v) is 12.0. The van der Waals surface area contributed by atoms with Crippen LogP contribution in [-0.2, 0) is 0 Å². The van der Waals surface area contributed by atoms with Gasteiger partial charge in [-0.05, 0) is 54.8 Å². The van der Waals surface area contributed by atoms with Crippen LogP contribution >= 0.6 is 0 Å². The molecule has 0 aliphatic rings. The average molecular weight is 266 g/mol. The highest BCUT2D eigenvalue weighted by atomic mass is 16.5. The zero-order valence-electron chi connectivity index (χ0n) is 12.0. The van der Waals surface area contributed by atoms with Gasteiger partial charge in [0.1, 0.15) is 5.75 Å². The van der Waals surface area contributed by atoms with Crippen LogP contribution in [0.15, 0.2) is 48.5 Å². The summed E-state index contributed by atoms with van der Waals surface area (Å²) < 4.78 is 5.16. The molecule has 0 radical (unpaired) electrons. The second kappa shape index (κ2) is 6.20. The molecule has 0 aromatic heterocycles. The van der Waals surface area contributed by atoms with E-state index in [1.165, 1.54) is 5.56 Å². The van der Waals surface area contributed by atoms with Crippen LogP contribution in [0.4, 0.5) is 0 Å². The van der Waals surface area contributed by atoms with Crippen LogP contribution in [0.5, 0.6) is 5.75 Å². The first kappa shape index (κ1) is 14.1. The summed E-state index contributed by atoms with van der Waals surface area (Å²) in [4.78, 5) is 12.1. The van der Waals surface area contributed by atoms with Gasteiger partial charge in [-0.1, -0.05) is 30.3 Å². The molecule has 0 atom stereocenters. The van der Waals surface area contributed by atoms with Gasteiger partial charge in [0.25, 0.3) is 0 Å². The molecule has 2 rings (SSSR count). The number of methoxy groups -OCH3 is 1. The minimum absolute atomic E-state index is 0.0101. The van der Waals surface area contributed by atoms with E-state index in [1.807, 2.05) is 56.3 Å². The van der Waals surface area contributed by atoms with Gasteiger partial charge in [0.2, 0.25) is 0 Å². The van der Waals surface area contributed by atoms with E-state index in [1.54, 1.807) is 19.3 Å². The Morgan fingerprint density at radius 1 is 1.05 bits per heavy atom. The van der Waals surface area contributed by atoms with E-state index in [2.05, 4.69) is 0 Å². The fourth-order valence-corrected chi connectivity index (χ4v) is 1.91. The first-order valence-corrected chi connectivity index (χ1v) is 6.54. The lowest BCUT2D eigenvalue weighted by Gasteiger charge is -2.02. The van der Waals surface area contributed by atoms with Crippen molar-refractivity contribution in [3.8, 4) is 5.75 Å². The molecule has 0 saturated heterocycles. The van der Waals surface area contributed by atoms with Crippen molar-refractivity contribution in [1.82, 2.24) is 0 Å². The molecule has 0 heterocycles. The molecule has 0 fully saturated rings. The summed E-state index contributed by atoms with van der Waals surface area (Å²) in [6.45, 7) is 4.05. The van der Waals surface area contributed by atoms with Crippen molar-refractivity contribution in [1.29, 1.82) is 0 Å². The Hall–Kier alpha value is -2.35. The molecule has 0 aliphatic carbocycles. The SMILES string of the molecule is COc1cccc(/C=C/C(=O)c2ccc(C)c(C)c2)c1. The van der Waals surface area contributed by atoms with Crippen LogP contribution in [-0.4, -0.2) is 12.9 Å². The number of rotatable bonds is 4. The van der Waals surface area contributed by atoms with Crippen LogP contribution in [0.3, 0.4) is 0 Å². The van der Waals surface area contributed by atoms with Gasteiger partial charge >= 0.3 is 0 Å².